The lowest BCUT2D eigenvalue weighted by molar-refractivity contribution is 0.0178. The summed E-state index contributed by atoms with van der Waals surface area (Å²) >= 11 is 0. The van der Waals surface area contributed by atoms with Crippen molar-refractivity contribution in [2.45, 2.75) is 31.1 Å². The number of aliphatic hydroxyl groups is 1. The first kappa shape index (κ1) is 15.4. The molecule has 0 atom stereocenters. The van der Waals surface area contributed by atoms with Crippen molar-refractivity contribution in [1.82, 2.24) is 4.90 Å². The Kier molecular flexibility index (Phi) is 3.89. The van der Waals surface area contributed by atoms with Crippen LogP contribution in [0.15, 0.2) is 48.5 Å². The van der Waals surface area contributed by atoms with Gasteiger partial charge in [-0.25, -0.2) is 0 Å². The Morgan fingerprint density at radius 2 is 1.75 bits per heavy atom. The molecular formula is C21H23NO2. The summed E-state index contributed by atoms with van der Waals surface area (Å²) in [7, 11) is 0. The van der Waals surface area contributed by atoms with E-state index in [1.165, 1.54) is 24.0 Å². The van der Waals surface area contributed by atoms with Gasteiger partial charge in [0.05, 0.1) is 12.0 Å². The van der Waals surface area contributed by atoms with E-state index in [1.807, 2.05) is 47.4 Å². The molecule has 1 aliphatic carbocycles. The molecule has 0 unspecified atom stereocenters. The highest BCUT2D eigenvalue weighted by molar-refractivity contribution is 5.97. The number of amides is 1. The third kappa shape index (κ3) is 2.44. The number of aliphatic hydroxyl groups excluding tert-OH is 1. The first-order valence-corrected chi connectivity index (χ1v) is 8.80. The number of carbonyl (C=O) groups excluding carboxylic acids is 1. The molecule has 2 aliphatic rings. The van der Waals surface area contributed by atoms with Crippen molar-refractivity contribution in [2.24, 2.45) is 0 Å². The molecule has 124 valence electrons. The summed E-state index contributed by atoms with van der Waals surface area (Å²) in [6.07, 6.45) is 4.48. The van der Waals surface area contributed by atoms with Crippen LogP contribution >= 0.6 is 0 Å². The van der Waals surface area contributed by atoms with Crippen LogP contribution in [-0.4, -0.2) is 35.6 Å². The van der Waals surface area contributed by atoms with Crippen molar-refractivity contribution in [3.8, 4) is 0 Å². The quantitative estimate of drug-likeness (QED) is 0.944. The summed E-state index contributed by atoms with van der Waals surface area (Å²) in [5.41, 5.74) is 4.27. The molecule has 2 aromatic carbocycles. The largest absolute Gasteiger partial charge is 0.395 e. The van der Waals surface area contributed by atoms with E-state index in [0.29, 0.717) is 13.1 Å². The molecular weight excluding hydrogens is 298 g/mol. The molecule has 1 aliphatic heterocycles. The third-order valence-electron chi connectivity index (χ3n) is 5.59. The van der Waals surface area contributed by atoms with E-state index < -0.39 is 0 Å². The van der Waals surface area contributed by atoms with Gasteiger partial charge in [0, 0.05) is 18.7 Å². The molecule has 0 spiro atoms. The van der Waals surface area contributed by atoms with Crippen molar-refractivity contribution in [1.29, 1.82) is 0 Å². The molecule has 0 saturated carbocycles. The number of rotatable bonds is 3. The van der Waals surface area contributed by atoms with Gasteiger partial charge in [0.1, 0.15) is 0 Å². The van der Waals surface area contributed by atoms with Gasteiger partial charge in [0.25, 0.3) is 5.91 Å². The van der Waals surface area contributed by atoms with E-state index in [2.05, 4.69) is 6.07 Å². The minimum absolute atomic E-state index is 0.0771. The monoisotopic (exact) mass is 321 g/mol. The number of nitrogens with zero attached hydrogens (tertiary/aromatic N) is 1. The van der Waals surface area contributed by atoms with Crippen LogP contribution < -0.4 is 0 Å². The summed E-state index contributed by atoms with van der Waals surface area (Å²) in [6, 6.07) is 16.2. The van der Waals surface area contributed by atoms with Gasteiger partial charge in [-0.05, 0) is 48.4 Å². The fraction of sp³-hybridized carbons (Fsp3) is 0.381. The van der Waals surface area contributed by atoms with Crippen molar-refractivity contribution in [3.63, 3.8) is 0 Å². The number of hydrogen-bond donors (Lipinski definition) is 1. The molecule has 3 nitrogen and oxygen atoms in total. The van der Waals surface area contributed by atoms with Crippen LogP contribution in [-0.2, 0) is 18.3 Å². The van der Waals surface area contributed by atoms with Gasteiger partial charge in [-0.1, -0.05) is 42.5 Å². The van der Waals surface area contributed by atoms with Gasteiger partial charge >= 0.3 is 0 Å². The zero-order valence-corrected chi connectivity index (χ0v) is 13.9. The van der Waals surface area contributed by atoms with Crippen LogP contribution in [0.4, 0.5) is 0 Å². The molecule has 24 heavy (non-hydrogen) atoms. The van der Waals surface area contributed by atoms with Gasteiger partial charge in [0.2, 0.25) is 0 Å². The maximum absolute atomic E-state index is 13.0. The Labute approximate surface area is 142 Å². The molecule has 0 bridgehead atoms. The second-order valence-corrected chi connectivity index (χ2v) is 7.12. The van der Waals surface area contributed by atoms with E-state index in [9.17, 15) is 9.90 Å². The van der Waals surface area contributed by atoms with Crippen molar-refractivity contribution >= 4 is 5.91 Å². The van der Waals surface area contributed by atoms with E-state index in [4.69, 9.17) is 0 Å². The highest BCUT2D eigenvalue weighted by Gasteiger charge is 2.46. The van der Waals surface area contributed by atoms with E-state index in [-0.39, 0.29) is 17.9 Å². The van der Waals surface area contributed by atoms with E-state index >= 15 is 0 Å². The summed E-state index contributed by atoms with van der Waals surface area (Å²) in [5, 5.41) is 9.91. The highest BCUT2D eigenvalue weighted by atomic mass is 16.3. The first-order chi connectivity index (χ1) is 11.7. The second-order valence-electron chi connectivity index (χ2n) is 7.12. The summed E-state index contributed by atoms with van der Waals surface area (Å²) in [4.78, 5) is 14.9. The van der Waals surface area contributed by atoms with Crippen LogP contribution in [0.5, 0.6) is 0 Å². The summed E-state index contributed by atoms with van der Waals surface area (Å²) in [6.45, 7) is 1.26. The molecule has 0 radical (unpaired) electrons. The molecule has 1 N–H and O–H groups in total. The Hall–Kier alpha value is -2.13. The fourth-order valence-electron chi connectivity index (χ4n) is 4.15. The van der Waals surface area contributed by atoms with Gasteiger partial charge in [-0.15, -0.1) is 0 Å². The zero-order valence-electron chi connectivity index (χ0n) is 13.9. The third-order valence-corrected chi connectivity index (χ3v) is 5.59. The van der Waals surface area contributed by atoms with Crippen LogP contribution in [0, 0.1) is 0 Å². The van der Waals surface area contributed by atoms with E-state index in [1.54, 1.807) is 0 Å². The molecule has 1 fully saturated rings. The average Bonchev–Trinajstić information content (AvgIpc) is 2.61. The standard InChI is InChI=1S/C21H23NO2/c23-15-21(17-9-2-1-3-10-17)13-22(14-21)20(24)19-12-6-8-16-7-4-5-11-18(16)19/h1-3,6,8-10,12,23H,4-5,7,11,13-15H2. The second kappa shape index (κ2) is 6.06. The Bertz CT molecular complexity index is 748. The van der Waals surface area contributed by atoms with Gasteiger partial charge < -0.3 is 10.0 Å². The number of hydrogen-bond acceptors (Lipinski definition) is 2. The normalized spacial score (nSPS) is 18.6. The lowest BCUT2D eigenvalue weighted by atomic mass is 9.74. The maximum atomic E-state index is 13.0. The van der Waals surface area contributed by atoms with Crippen LogP contribution in [0.1, 0.15) is 39.9 Å². The van der Waals surface area contributed by atoms with Crippen molar-refractivity contribution < 1.29 is 9.90 Å². The molecule has 4 rings (SSSR count). The van der Waals surface area contributed by atoms with Crippen molar-refractivity contribution in [3.05, 3.63) is 70.8 Å². The van der Waals surface area contributed by atoms with Crippen LogP contribution in [0.3, 0.4) is 0 Å². The van der Waals surface area contributed by atoms with Crippen molar-refractivity contribution in [2.75, 3.05) is 19.7 Å². The van der Waals surface area contributed by atoms with E-state index in [0.717, 1.165) is 24.0 Å². The fourth-order valence-corrected chi connectivity index (χ4v) is 4.15. The summed E-state index contributed by atoms with van der Waals surface area (Å²) < 4.78 is 0. The number of aryl methyl sites for hydroxylation is 1. The Morgan fingerprint density at radius 3 is 2.50 bits per heavy atom. The lowest BCUT2D eigenvalue weighted by Crippen LogP contribution is -2.63. The van der Waals surface area contributed by atoms with Crippen LogP contribution in [0.25, 0.3) is 0 Å². The molecule has 1 heterocycles. The minimum Gasteiger partial charge on any atom is -0.395 e. The molecule has 3 heteroatoms. The van der Waals surface area contributed by atoms with Gasteiger partial charge in [-0.3, -0.25) is 4.79 Å². The Morgan fingerprint density at radius 1 is 1.00 bits per heavy atom. The molecule has 1 amide bonds. The number of fused-ring (bicyclic) bond motifs is 1. The minimum atomic E-state index is -0.300. The molecule has 1 saturated heterocycles. The predicted octanol–water partition coefficient (Wildman–Crippen LogP) is 2.95. The highest BCUT2D eigenvalue weighted by Crippen LogP contribution is 2.36. The number of benzene rings is 2. The summed E-state index contributed by atoms with van der Waals surface area (Å²) in [5.74, 6) is 0.119. The smallest absolute Gasteiger partial charge is 0.254 e. The first-order valence-electron chi connectivity index (χ1n) is 8.80. The maximum Gasteiger partial charge on any atom is 0.254 e. The lowest BCUT2D eigenvalue weighted by Gasteiger charge is -2.49. The predicted molar refractivity (Wildman–Crippen MR) is 94.2 cm³/mol. The number of likely N-dealkylation sites (tertiary alicyclic amines) is 1. The number of carbonyl (C=O) groups is 1. The van der Waals surface area contributed by atoms with Gasteiger partial charge in [0.15, 0.2) is 0 Å². The Balaban J connectivity index is 1.56. The van der Waals surface area contributed by atoms with Crippen LogP contribution in [0.2, 0.25) is 0 Å². The van der Waals surface area contributed by atoms with Gasteiger partial charge in [-0.2, -0.15) is 0 Å². The molecule has 0 aromatic heterocycles. The zero-order chi connectivity index (χ0) is 16.6. The average molecular weight is 321 g/mol. The SMILES string of the molecule is O=C(c1cccc2c1CCCC2)N1CC(CO)(c2ccccc2)C1. The topological polar surface area (TPSA) is 40.5 Å². The molecule has 2 aromatic rings.